The van der Waals surface area contributed by atoms with Gasteiger partial charge in [-0.1, -0.05) is 30.3 Å². The summed E-state index contributed by atoms with van der Waals surface area (Å²) in [6.45, 7) is 5.69. The van der Waals surface area contributed by atoms with E-state index in [1.54, 1.807) is 0 Å². The fourth-order valence-electron chi connectivity index (χ4n) is 3.48. The summed E-state index contributed by atoms with van der Waals surface area (Å²) < 4.78 is 2.03. The lowest BCUT2D eigenvalue weighted by atomic mass is 10.0. The first-order valence-corrected chi connectivity index (χ1v) is 8.75. The molecule has 0 spiro atoms. The van der Waals surface area contributed by atoms with Crippen molar-refractivity contribution in [2.24, 2.45) is 0 Å². The summed E-state index contributed by atoms with van der Waals surface area (Å²) in [6, 6.07) is 13.5. The van der Waals surface area contributed by atoms with E-state index in [0.29, 0.717) is 6.04 Å². The molecule has 0 N–H and O–H groups in total. The molecule has 4 nitrogen and oxygen atoms in total. The van der Waals surface area contributed by atoms with Crippen molar-refractivity contribution < 1.29 is 0 Å². The van der Waals surface area contributed by atoms with Gasteiger partial charge >= 0.3 is 0 Å². The Morgan fingerprint density at radius 1 is 1.17 bits per heavy atom. The molecule has 0 aliphatic carbocycles. The maximum absolute atomic E-state index is 4.28. The van der Waals surface area contributed by atoms with Crippen molar-refractivity contribution in [3.8, 4) is 0 Å². The third-order valence-corrected chi connectivity index (χ3v) is 4.80. The molecule has 1 saturated heterocycles. The average molecular weight is 312 g/mol. The summed E-state index contributed by atoms with van der Waals surface area (Å²) in [5, 5.41) is 4.28. The van der Waals surface area contributed by atoms with Gasteiger partial charge < -0.3 is 4.90 Å². The molecule has 2 aromatic rings. The van der Waals surface area contributed by atoms with E-state index >= 15 is 0 Å². The summed E-state index contributed by atoms with van der Waals surface area (Å²) in [5.74, 6) is 0. The second-order valence-electron chi connectivity index (χ2n) is 6.62. The van der Waals surface area contributed by atoms with Crippen LogP contribution < -0.4 is 0 Å². The van der Waals surface area contributed by atoms with Crippen LogP contribution in [0.25, 0.3) is 0 Å². The van der Waals surface area contributed by atoms with E-state index in [-0.39, 0.29) is 0 Å². The van der Waals surface area contributed by atoms with Crippen molar-refractivity contribution in [1.82, 2.24) is 19.6 Å². The highest BCUT2D eigenvalue weighted by atomic mass is 15.3. The van der Waals surface area contributed by atoms with Crippen LogP contribution in [0.2, 0.25) is 0 Å². The summed E-state index contributed by atoms with van der Waals surface area (Å²) in [5.41, 5.74) is 1.41. The molecule has 23 heavy (non-hydrogen) atoms. The van der Waals surface area contributed by atoms with Crippen LogP contribution in [0.1, 0.15) is 24.8 Å². The van der Waals surface area contributed by atoms with Crippen LogP contribution in [0.4, 0.5) is 0 Å². The Kier molecular flexibility index (Phi) is 5.83. The van der Waals surface area contributed by atoms with E-state index in [1.807, 2.05) is 23.1 Å². The van der Waals surface area contributed by atoms with E-state index in [9.17, 15) is 0 Å². The number of aromatic nitrogens is 2. The van der Waals surface area contributed by atoms with Crippen molar-refractivity contribution in [1.29, 1.82) is 0 Å². The fourth-order valence-corrected chi connectivity index (χ4v) is 3.48. The van der Waals surface area contributed by atoms with E-state index in [1.165, 1.54) is 44.5 Å². The molecule has 1 fully saturated rings. The maximum Gasteiger partial charge on any atom is 0.0489 e. The first-order chi connectivity index (χ1) is 11.3. The summed E-state index contributed by atoms with van der Waals surface area (Å²) in [6.07, 6.45) is 7.71. The largest absolute Gasteiger partial charge is 0.302 e. The second kappa shape index (κ2) is 8.27. The molecule has 0 amide bonds. The SMILES string of the molecule is CN(Cc1ccccc1)C1CCCN(CCCn2cccn2)C1. The van der Waals surface area contributed by atoms with E-state index < -0.39 is 0 Å². The van der Waals surface area contributed by atoms with Gasteiger partial charge in [-0.05, 0) is 51.0 Å². The average Bonchev–Trinajstić information content (AvgIpc) is 3.09. The maximum atomic E-state index is 4.28. The first-order valence-electron chi connectivity index (χ1n) is 8.75. The van der Waals surface area contributed by atoms with Gasteiger partial charge in [0.25, 0.3) is 0 Å². The van der Waals surface area contributed by atoms with Gasteiger partial charge in [0.15, 0.2) is 0 Å². The number of benzene rings is 1. The zero-order chi connectivity index (χ0) is 15.9. The summed E-state index contributed by atoms with van der Waals surface area (Å²) in [7, 11) is 2.27. The normalized spacial score (nSPS) is 19.3. The number of piperidine rings is 1. The van der Waals surface area contributed by atoms with Crippen molar-refractivity contribution in [2.75, 3.05) is 26.7 Å². The predicted molar refractivity (Wildman–Crippen MR) is 94.2 cm³/mol. The van der Waals surface area contributed by atoms with Crippen molar-refractivity contribution in [2.45, 2.75) is 38.4 Å². The number of likely N-dealkylation sites (tertiary alicyclic amines) is 1. The highest BCUT2D eigenvalue weighted by molar-refractivity contribution is 5.14. The van der Waals surface area contributed by atoms with Gasteiger partial charge in [-0.2, -0.15) is 5.10 Å². The number of aryl methyl sites for hydroxylation is 1. The van der Waals surface area contributed by atoms with Crippen LogP contribution in [-0.4, -0.2) is 52.3 Å². The highest BCUT2D eigenvalue weighted by Crippen LogP contribution is 2.17. The van der Waals surface area contributed by atoms with Crippen molar-refractivity contribution in [3.05, 3.63) is 54.4 Å². The number of likely N-dealkylation sites (N-methyl/N-ethyl adjacent to an activating group) is 1. The first kappa shape index (κ1) is 16.2. The molecule has 1 aliphatic rings. The van der Waals surface area contributed by atoms with Crippen LogP contribution in [0.15, 0.2) is 48.8 Å². The van der Waals surface area contributed by atoms with Gasteiger partial charge in [0.2, 0.25) is 0 Å². The Morgan fingerprint density at radius 2 is 2.04 bits per heavy atom. The number of nitrogens with zero attached hydrogens (tertiary/aromatic N) is 4. The van der Waals surface area contributed by atoms with E-state index in [2.05, 4.69) is 52.3 Å². The molecular weight excluding hydrogens is 284 g/mol. The molecule has 0 radical (unpaired) electrons. The fraction of sp³-hybridized carbons (Fsp3) is 0.526. The molecule has 3 rings (SSSR count). The molecule has 124 valence electrons. The van der Waals surface area contributed by atoms with Crippen LogP contribution in [0.3, 0.4) is 0 Å². The monoisotopic (exact) mass is 312 g/mol. The highest BCUT2D eigenvalue weighted by Gasteiger charge is 2.22. The Bertz CT molecular complexity index is 552. The number of hydrogen-bond acceptors (Lipinski definition) is 3. The minimum atomic E-state index is 0.675. The number of rotatable bonds is 7. The quantitative estimate of drug-likeness (QED) is 0.786. The van der Waals surface area contributed by atoms with Crippen LogP contribution in [0.5, 0.6) is 0 Å². The topological polar surface area (TPSA) is 24.3 Å². The van der Waals surface area contributed by atoms with Crippen LogP contribution in [-0.2, 0) is 13.1 Å². The Morgan fingerprint density at radius 3 is 2.83 bits per heavy atom. The van der Waals surface area contributed by atoms with Gasteiger partial charge in [0.1, 0.15) is 0 Å². The second-order valence-corrected chi connectivity index (χ2v) is 6.62. The molecule has 1 aliphatic heterocycles. The molecule has 1 aromatic heterocycles. The van der Waals surface area contributed by atoms with Crippen molar-refractivity contribution >= 4 is 0 Å². The van der Waals surface area contributed by atoms with Crippen molar-refractivity contribution in [3.63, 3.8) is 0 Å². The smallest absolute Gasteiger partial charge is 0.0489 e. The van der Waals surface area contributed by atoms with Gasteiger partial charge in [-0.25, -0.2) is 0 Å². The van der Waals surface area contributed by atoms with Gasteiger partial charge in [-0.3, -0.25) is 9.58 Å². The lowest BCUT2D eigenvalue weighted by Crippen LogP contribution is -2.46. The lowest BCUT2D eigenvalue weighted by molar-refractivity contribution is 0.110. The molecule has 1 unspecified atom stereocenters. The van der Waals surface area contributed by atoms with Gasteiger partial charge in [0.05, 0.1) is 0 Å². The van der Waals surface area contributed by atoms with Gasteiger partial charge in [0, 0.05) is 38.1 Å². The third kappa shape index (κ3) is 4.91. The minimum absolute atomic E-state index is 0.675. The van der Waals surface area contributed by atoms with E-state index in [4.69, 9.17) is 0 Å². The zero-order valence-electron chi connectivity index (χ0n) is 14.1. The molecule has 2 heterocycles. The van der Waals surface area contributed by atoms with Crippen LogP contribution in [0, 0.1) is 0 Å². The number of hydrogen-bond donors (Lipinski definition) is 0. The Balaban J connectivity index is 1.43. The zero-order valence-corrected chi connectivity index (χ0v) is 14.1. The molecule has 0 bridgehead atoms. The van der Waals surface area contributed by atoms with Gasteiger partial charge in [-0.15, -0.1) is 0 Å². The predicted octanol–water partition coefficient (Wildman–Crippen LogP) is 2.87. The summed E-state index contributed by atoms with van der Waals surface area (Å²) in [4.78, 5) is 5.15. The Labute approximate surface area is 139 Å². The van der Waals surface area contributed by atoms with Crippen LogP contribution >= 0.6 is 0 Å². The molecule has 4 heteroatoms. The molecule has 1 atom stereocenters. The standard InChI is InChI=1S/C19H28N4/c1-21(16-18-8-3-2-4-9-18)19-10-5-12-22(17-19)13-7-15-23-14-6-11-20-23/h2-4,6,8-9,11,14,19H,5,7,10,12-13,15-17H2,1H3. The van der Waals surface area contributed by atoms with E-state index in [0.717, 1.165) is 13.1 Å². The Hall–Kier alpha value is -1.65. The summed E-state index contributed by atoms with van der Waals surface area (Å²) >= 11 is 0. The molecule has 1 aromatic carbocycles. The molecular formula is C19H28N4. The lowest BCUT2D eigenvalue weighted by Gasteiger charge is -2.37. The molecule has 0 saturated carbocycles. The third-order valence-electron chi connectivity index (χ3n) is 4.80. The minimum Gasteiger partial charge on any atom is -0.302 e.